The summed E-state index contributed by atoms with van der Waals surface area (Å²) in [6.07, 6.45) is 5.32. The lowest BCUT2D eigenvalue weighted by molar-refractivity contribution is -0.115. The molecule has 3 heterocycles. The maximum absolute atomic E-state index is 12.5. The topological polar surface area (TPSA) is 72.3 Å². The molecule has 0 bridgehead atoms. The number of hydrogen-bond donors (Lipinski definition) is 1. The smallest absolute Gasteiger partial charge is 0.245 e. The number of hydrogen-bond acceptors (Lipinski definition) is 5. The van der Waals surface area contributed by atoms with Crippen molar-refractivity contribution in [2.45, 2.75) is 6.54 Å². The van der Waals surface area contributed by atoms with Crippen LogP contribution < -0.4 is 15.0 Å². The third-order valence-electron chi connectivity index (χ3n) is 4.22. The van der Waals surface area contributed by atoms with E-state index in [4.69, 9.17) is 16.3 Å². The monoisotopic (exact) mass is 383 g/mol. The first-order valence-electron chi connectivity index (χ1n) is 8.57. The summed E-state index contributed by atoms with van der Waals surface area (Å²) in [6, 6.07) is 11.1. The molecule has 0 atom stereocenters. The summed E-state index contributed by atoms with van der Waals surface area (Å²) in [5.74, 6) is 1.12. The quantitative estimate of drug-likeness (QED) is 0.733. The highest BCUT2D eigenvalue weighted by Gasteiger charge is 2.21. The van der Waals surface area contributed by atoms with Gasteiger partial charge in [0.25, 0.3) is 0 Å². The maximum Gasteiger partial charge on any atom is 0.245 e. The van der Waals surface area contributed by atoms with Gasteiger partial charge in [-0.2, -0.15) is 5.10 Å². The Kier molecular flexibility index (Phi) is 4.93. The number of fused-ring (bicyclic) bond motifs is 1. The van der Waals surface area contributed by atoms with Gasteiger partial charge >= 0.3 is 0 Å². The van der Waals surface area contributed by atoms with Crippen LogP contribution in [-0.4, -0.2) is 40.4 Å². The van der Waals surface area contributed by atoms with Crippen molar-refractivity contribution < 1.29 is 9.53 Å². The number of halogens is 1. The maximum atomic E-state index is 12.5. The molecule has 3 aromatic rings. The standard InChI is InChI=1S/C19H18ClN5O2/c20-15-1-2-17-16(11-15)24(9-10-27-17)13-19(26)22-18-5-8-25(23-18)12-14-3-6-21-7-4-14/h1-8,11H,9-10,12-13H2,(H,22,23,26). The molecule has 0 fully saturated rings. The van der Waals surface area contributed by atoms with E-state index in [1.807, 2.05) is 35.4 Å². The van der Waals surface area contributed by atoms with Gasteiger partial charge in [-0.05, 0) is 35.9 Å². The number of amides is 1. The molecule has 2 aromatic heterocycles. The van der Waals surface area contributed by atoms with Gasteiger partial charge in [0.2, 0.25) is 5.91 Å². The Morgan fingerprint density at radius 1 is 1.22 bits per heavy atom. The van der Waals surface area contributed by atoms with E-state index >= 15 is 0 Å². The predicted octanol–water partition coefficient (Wildman–Crippen LogP) is 2.82. The molecule has 0 radical (unpaired) electrons. The third kappa shape index (κ3) is 4.20. The highest BCUT2D eigenvalue weighted by atomic mass is 35.5. The molecule has 0 saturated heterocycles. The summed E-state index contributed by atoms with van der Waals surface area (Å²) >= 11 is 6.08. The normalized spacial score (nSPS) is 13.0. The molecule has 7 nitrogen and oxygen atoms in total. The number of aromatic nitrogens is 3. The van der Waals surface area contributed by atoms with E-state index in [2.05, 4.69) is 15.4 Å². The van der Waals surface area contributed by atoms with Gasteiger partial charge < -0.3 is 15.0 Å². The van der Waals surface area contributed by atoms with E-state index in [1.54, 1.807) is 29.2 Å². The van der Waals surface area contributed by atoms with Crippen molar-refractivity contribution in [2.24, 2.45) is 0 Å². The number of nitrogens with one attached hydrogen (secondary N) is 1. The molecule has 27 heavy (non-hydrogen) atoms. The first-order chi connectivity index (χ1) is 13.2. The molecule has 0 aliphatic carbocycles. The summed E-state index contributed by atoms with van der Waals surface area (Å²) in [5.41, 5.74) is 1.92. The van der Waals surface area contributed by atoms with Crippen molar-refractivity contribution in [3.8, 4) is 5.75 Å². The number of benzene rings is 1. The molecule has 0 spiro atoms. The molecule has 0 saturated carbocycles. The van der Waals surface area contributed by atoms with Crippen molar-refractivity contribution in [3.05, 3.63) is 65.6 Å². The highest BCUT2D eigenvalue weighted by molar-refractivity contribution is 6.31. The second-order valence-electron chi connectivity index (χ2n) is 6.18. The van der Waals surface area contributed by atoms with Gasteiger partial charge in [-0.15, -0.1) is 0 Å². The van der Waals surface area contributed by atoms with Crippen LogP contribution in [-0.2, 0) is 11.3 Å². The van der Waals surface area contributed by atoms with Gasteiger partial charge in [0, 0.05) is 29.7 Å². The lowest BCUT2D eigenvalue weighted by atomic mass is 10.2. The fraction of sp³-hybridized carbons (Fsp3) is 0.211. The lowest BCUT2D eigenvalue weighted by Gasteiger charge is -2.30. The summed E-state index contributed by atoms with van der Waals surface area (Å²) in [4.78, 5) is 18.4. The largest absolute Gasteiger partial charge is 0.490 e. The Balaban J connectivity index is 1.39. The SMILES string of the molecule is O=C(CN1CCOc2ccc(Cl)cc21)Nc1ccn(Cc2ccncc2)n1. The molecular weight excluding hydrogens is 366 g/mol. The van der Waals surface area contributed by atoms with Gasteiger partial charge in [0.05, 0.1) is 25.3 Å². The third-order valence-corrected chi connectivity index (χ3v) is 4.45. The second kappa shape index (κ2) is 7.67. The van der Waals surface area contributed by atoms with E-state index in [1.165, 1.54) is 0 Å². The molecule has 138 valence electrons. The van der Waals surface area contributed by atoms with Crippen LogP contribution in [0.15, 0.2) is 55.0 Å². The summed E-state index contributed by atoms with van der Waals surface area (Å²) < 4.78 is 7.39. The van der Waals surface area contributed by atoms with Crippen LogP contribution in [0, 0.1) is 0 Å². The van der Waals surface area contributed by atoms with Crippen molar-refractivity contribution in [2.75, 3.05) is 29.9 Å². The molecule has 4 rings (SSSR count). The van der Waals surface area contributed by atoms with Gasteiger partial charge in [-0.1, -0.05) is 11.6 Å². The first-order valence-corrected chi connectivity index (χ1v) is 8.95. The molecule has 8 heteroatoms. The Hall–Kier alpha value is -3.06. The van der Waals surface area contributed by atoms with E-state index in [-0.39, 0.29) is 12.5 Å². The average Bonchev–Trinajstić information content (AvgIpc) is 3.09. The van der Waals surface area contributed by atoms with Gasteiger partial charge in [0.1, 0.15) is 12.4 Å². The van der Waals surface area contributed by atoms with E-state index < -0.39 is 0 Å². The minimum atomic E-state index is -0.142. The lowest BCUT2D eigenvalue weighted by Crippen LogP contribution is -2.38. The number of nitrogens with zero attached hydrogens (tertiary/aromatic N) is 4. The average molecular weight is 384 g/mol. The number of carbonyl (C=O) groups is 1. The van der Waals surface area contributed by atoms with Crippen LogP contribution in [0.2, 0.25) is 5.02 Å². The number of carbonyl (C=O) groups excluding carboxylic acids is 1. The first kappa shape index (κ1) is 17.4. The molecule has 1 N–H and O–H groups in total. The predicted molar refractivity (Wildman–Crippen MR) is 103 cm³/mol. The Bertz CT molecular complexity index is 944. The summed E-state index contributed by atoms with van der Waals surface area (Å²) in [5, 5.41) is 7.85. The number of pyridine rings is 1. The van der Waals surface area contributed by atoms with Gasteiger partial charge in [-0.25, -0.2) is 0 Å². The molecular formula is C19H18ClN5O2. The minimum absolute atomic E-state index is 0.142. The zero-order chi connectivity index (χ0) is 18.6. The molecule has 1 amide bonds. The van der Waals surface area contributed by atoms with Crippen molar-refractivity contribution in [1.29, 1.82) is 0 Å². The second-order valence-corrected chi connectivity index (χ2v) is 6.62. The van der Waals surface area contributed by atoms with Crippen molar-refractivity contribution in [3.63, 3.8) is 0 Å². The number of ether oxygens (including phenoxy) is 1. The van der Waals surface area contributed by atoms with Crippen LogP contribution in [0.5, 0.6) is 5.75 Å². The van der Waals surface area contributed by atoms with Gasteiger partial charge in [-0.3, -0.25) is 14.5 Å². The molecule has 1 aromatic carbocycles. The zero-order valence-corrected chi connectivity index (χ0v) is 15.3. The van der Waals surface area contributed by atoms with Crippen LogP contribution in [0.3, 0.4) is 0 Å². The molecule has 1 aliphatic rings. The fourth-order valence-electron chi connectivity index (χ4n) is 2.96. The van der Waals surface area contributed by atoms with E-state index in [9.17, 15) is 4.79 Å². The van der Waals surface area contributed by atoms with Crippen LogP contribution in [0.25, 0.3) is 0 Å². The zero-order valence-electron chi connectivity index (χ0n) is 14.5. The Morgan fingerprint density at radius 3 is 2.93 bits per heavy atom. The minimum Gasteiger partial charge on any atom is -0.490 e. The van der Waals surface area contributed by atoms with Crippen LogP contribution in [0.1, 0.15) is 5.56 Å². The molecule has 0 unspecified atom stereocenters. The molecule has 1 aliphatic heterocycles. The highest BCUT2D eigenvalue weighted by Crippen LogP contribution is 2.33. The number of rotatable bonds is 5. The summed E-state index contributed by atoms with van der Waals surface area (Å²) in [6.45, 7) is 1.97. The Labute approximate surface area is 161 Å². The summed E-state index contributed by atoms with van der Waals surface area (Å²) in [7, 11) is 0. The van der Waals surface area contributed by atoms with Crippen molar-refractivity contribution in [1.82, 2.24) is 14.8 Å². The van der Waals surface area contributed by atoms with Crippen LogP contribution >= 0.6 is 11.6 Å². The van der Waals surface area contributed by atoms with Crippen LogP contribution in [0.4, 0.5) is 11.5 Å². The van der Waals surface area contributed by atoms with Gasteiger partial charge in [0.15, 0.2) is 5.82 Å². The Morgan fingerprint density at radius 2 is 2.07 bits per heavy atom. The van der Waals surface area contributed by atoms with E-state index in [0.29, 0.717) is 30.5 Å². The fourth-order valence-corrected chi connectivity index (χ4v) is 3.12. The van der Waals surface area contributed by atoms with Crippen molar-refractivity contribution >= 4 is 29.0 Å². The van der Waals surface area contributed by atoms with E-state index in [0.717, 1.165) is 17.0 Å². The number of anilines is 2.